The number of ether oxygens (including phenoxy) is 1. The van der Waals surface area contributed by atoms with Gasteiger partial charge >= 0.3 is 12.2 Å². The Hall–Kier alpha value is -4.09. The van der Waals surface area contributed by atoms with Crippen molar-refractivity contribution < 1.29 is 27.5 Å². The van der Waals surface area contributed by atoms with Gasteiger partial charge in [0.1, 0.15) is 0 Å². The van der Waals surface area contributed by atoms with Crippen molar-refractivity contribution in [3.05, 3.63) is 89.5 Å². The zero-order chi connectivity index (χ0) is 29.2. The van der Waals surface area contributed by atoms with Gasteiger partial charge in [-0.15, -0.1) is 0 Å². The van der Waals surface area contributed by atoms with Gasteiger partial charge in [0, 0.05) is 64.4 Å². The second-order valence-corrected chi connectivity index (χ2v) is 9.71. The smallest absolute Gasteiger partial charge is 0.385 e. The SMILES string of the molecule is COCCCNC(=O)c1cc(NC(=O)Nc2ccccc2C(F)(F)F)ccc1N1CCN(Cc2ccccc2)CC1. The number of benzene rings is 3. The van der Waals surface area contributed by atoms with E-state index in [1.165, 1.54) is 23.8 Å². The zero-order valence-electron chi connectivity index (χ0n) is 22.8. The van der Waals surface area contributed by atoms with Crippen LogP contribution in [-0.4, -0.2) is 63.3 Å². The number of anilines is 3. The van der Waals surface area contributed by atoms with Crippen molar-refractivity contribution in [2.75, 3.05) is 62.0 Å². The number of hydrogen-bond donors (Lipinski definition) is 3. The summed E-state index contributed by atoms with van der Waals surface area (Å²) in [6, 6.07) is 19.1. The summed E-state index contributed by atoms with van der Waals surface area (Å²) in [5.41, 5.74) is 1.30. The van der Waals surface area contributed by atoms with E-state index in [0.717, 1.165) is 31.4 Å². The first kappa shape index (κ1) is 29.9. The molecule has 0 saturated carbocycles. The average molecular weight is 570 g/mol. The van der Waals surface area contributed by atoms with Crippen LogP contribution in [0.4, 0.5) is 35.0 Å². The second-order valence-electron chi connectivity index (χ2n) is 9.71. The largest absolute Gasteiger partial charge is 0.418 e. The van der Waals surface area contributed by atoms with E-state index < -0.39 is 17.8 Å². The number of hydrogen-bond acceptors (Lipinski definition) is 5. The first-order chi connectivity index (χ1) is 19.7. The Labute approximate surface area is 237 Å². The van der Waals surface area contributed by atoms with E-state index in [4.69, 9.17) is 4.74 Å². The molecule has 41 heavy (non-hydrogen) atoms. The molecular formula is C30H34F3N5O3. The molecule has 0 spiro atoms. The standard InChI is InChI=1S/C30H34F3N5O3/c1-41-19-7-14-34-28(39)24-20-23(35-29(40)36-26-11-6-5-10-25(26)30(31,32)33)12-13-27(24)38-17-15-37(16-18-38)21-22-8-3-2-4-9-22/h2-6,8-13,20H,7,14-19,21H2,1H3,(H,34,39)(H2,35,36,40). The fourth-order valence-electron chi connectivity index (χ4n) is 4.70. The van der Waals surface area contributed by atoms with E-state index in [1.54, 1.807) is 25.3 Å². The Balaban J connectivity index is 1.47. The van der Waals surface area contributed by atoms with Crippen molar-refractivity contribution in [1.29, 1.82) is 0 Å². The predicted octanol–water partition coefficient (Wildman–Crippen LogP) is 5.44. The van der Waals surface area contributed by atoms with Gasteiger partial charge in [0.05, 0.1) is 16.8 Å². The number of para-hydroxylation sites is 1. The van der Waals surface area contributed by atoms with Crippen molar-refractivity contribution in [2.45, 2.75) is 19.1 Å². The normalized spacial score (nSPS) is 14.0. The Morgan fingerprint density at radius 3 is 2.32 bits per heavy atom. The van der Waals surface area contributed by atoms with Gasteiger partial charge < -0.3 is 25.6 Å². The van der Waals surface area contributed by atoms with E-state index in [0.29, 0.717) is 38.2 Å². The minimum atomic E-state index is -4.62. The summed E-state index contributed by atoms with van der Waals surface area (Å²) in [5.74, 6) is -0.311. The molecule has 1 saturated heterocycles. The summed E-state index contributed by atoms with van der Waals surface area (Å²) in [5, 5.41) is 7.72. The van der Waals surface area contributed by atoms with Gasteiger partial charge in [0.25, 0.3) is 5.91 Å². The highest BCUT2D eigenvalue weighted by atomic mass is 19.4. The van der Waals surface area contributed by atoms with Crippen LogP contribution in [-0.2, 0) is 17.5 Å². The maximum absolute atomic E-state index is 13.3. The van der Waals surface area contributed by atoms with Crippen LogP contribution in [0.25, 0.3) is 0 Å². The highest BCUT2D eigenvalue weighted by Gasteiger charge is 2.33. The molecule has 218 valence electrons. The van der Waals surface area contributed by atoms with Crippen LogP contribution in [0.2, 0.25) is 0 Å². The number of nitrogens with one attached hydrogen (secondary N) is 3. The van der Waals surface area contributed by atoms with Gasteiger partial charge in [-0.3, -0.25) is 9.69 Å². The number of methoxy groups -OCH3 is 1. The molecule has 0 atom stereocenters. The number of halogens is 3. The highest BCUT2D eigenvalue weighted by Crippen LogP contribution is 2.34. The van der Waals surface area contributed by atoms with E-state index in [-0.39, 0.29) is 17.3 Å². The minimum Gasteiger partial charge on any atom is -0.385 e. The number of carbonyl (C=O) groups excluding carboxylic acids is 2. The molecule has 1 fully saturated rings. The number of piperazine rings is 1. The molecule has 3 N–H and O–H groups in total. The third-order valence-electron chi connectivity index (χ3n) is 6.75. The van der Waals surface area contributed by atoms with Crippen LogP contribution < -0.4 is 20.9 Å². The van der Waals surface area contributed by atoms with Gasteiger partial charge in [0.2, 0.25) is 0 Å². The monoisotopic (exact) mass is 569 g/mol. The number of urea groups is 1. The summed E-state index contributed by atoms with van der Waals surface area (Å²) in [4.78, 5) is 30.3. The molecule has 1 aliphatic heterocycles. The maximum atomic E-state index is 13.3. The Bertz CT molecular complexity index is 1310. The predicted molar refractivity (Wildman–Crippen MR) is 153 cm³/mol. The molecule has 8 nitrogen and oxygen atoms in total. The molecule has 3 aromatic rings. The van der Waals surface area contributed by atoms with Crippen molar-refractivity contribution >= 4 is 29.0 Å². The van der Waals surface area contributed by atoms with E-state index >= 15 is 0 Å². The molecule has 0 radical (unpaired) electrons. The molecule has 11 heteroatoms. The van der Waals surface area contributed by atoms with Crippen molar-refractivity contribution in [1.82, 2.24) is 10.2 Å². The average Bonchev–Trinajstić information content (AvgIpc) is 2.96. The maximum Gasteiger partial charge on any atom is 0.418 e. The number of amides is 3. The van der Waals surface area contributed by atoms with Crippen LogP contribution in [0.1, 0.15) is 27.9 Å². The fourth-order valence-corrected chi connectivity index (χ4v) is 4.70. The van der Waals surface area contributed by atoms with E-state index in [2.05, 4.69) is 37.9 Å². The molecule has 0 unspecified atom stereocenters. The van der Waals surface area contributed by atoms with Crippen molar-refractivity contribution in [2.24, 2.45) is 0 Å². The summed E-state index contributed by atoms with van der Waals surface area (Å²) in [7, 11) is 1.59. The third-order valence-corrected chi connectivity index (χ3v) is 6.75. The molecule has 1 aliphatic rings. The van der Waals surface area contributed by atoms with E-state index in [1.807, 2.05) is 18.2 Å². The third kappa shape index (κ3) is 8.45. The molecule has 0 bridgehead atoms. The van der Waals surface area contributed by atoms with Gasteiger partial charge in [-0.1, -0.05) is 42.5 Å². The quantitative estimate of drug-likeness (QED) is 0.283. The van der Waals surface area contributed by atoms with Crippen molar-refractivity contribution in [3.63, 3.8) is 0 Å². The summed E-state index contributed by atoms with van der Waals surface area (Å²) in [6.07, 6.45) is -3.99. The zero-order valence-corrected chi connectivity index (χ0v) is 22.8. The molecular weight excluding hydrogens is 535 g/mol. The lowest BCUT2D eigenvalue weighted by molar-refractivity contribution is -0.136. The minimum absolute atomic E-state index is 0.278. The number of rotatable bonds is 10. The Morgan fingerprint density at radius 2 is 1.61 bits per heavy atom. The summed E-state index contributed by atoms with van der Waals surface area (Å²) >= 11 is 0. The van der Waals surface area contributed by atoms with Crippen LogP contribution in [0, 0.1) is 0 Å². The number of carbonyl (C=O) groups is 2. The number of nitrogens with zero attached hydrogens (tertiary/aromatic N) is 2. The van der Waals surface area contributed by atoms with Gasteiger partial charge in [-0.2, -0.15) is 13.2 Å². The lowest BCUT2D eigenvalue weighted by atomic mass is 10.1. The lowest BCUT2D eigenvalue weighted by Gasteiger charge is -2.37. The Kier molecular flexibility index (Phi) is 10.2. The summed E-state index contributed by atoms with van der Waals surface area (Å²) in [6.45, 7) is 4.78. The first-order valence-corrected chi connectivity index (χ1v) is 13.4. The topological polar surface area (TPSA) is 85.9 Å². The second kappa shape index (κ2) is 14.0. The van der Waals surface area contributed by atoms with Crippen LogP contribution in [0.3, 0.4) is 0 Å². The summed E-state index contributed by atoms with van der Waals surface area (Å²) < 4.78 is 45.1. The molecule has 0 aromatic heterocycles. The van der Waals surface area contributed by atoms with Crippen LogP contribution >= 0.6 is 0 Å². The molecule has 3 amide bonds. The molecule has 0 aliphatic carbocycles. The molecule has 4 rings (SSSR count). The fraction of sp³-hybridized carbons (Fsp3) is 0.333. The van der Waals surface area contributed by atoms with Crippen molar-refractivity contribution in [3.8, 4) is 0 Å². The van der Waals surface area contributed by atoms with Gasteiger partial charge in [-0.05, 0) is 42.3 Å². The van der Waals surface area contributed by atoms with Gasteiger partial charge in [0.15, 0.2) is 0 Å². The number of alkyl halides is 3. The van der Waals surface area contributed by atoms with Crippen LogP contribution in [0.5, 0.6) is 0 Å². The van der Waals surface area contributed by atoms with E-state index in [9.17, 15) is 22.8 Å². The molecule has 1 heterocycles. The Morgan fingerprint density at radius 1 is 0.902 bits per heavy atom. The van der Waals surface area contributed by atoms with Gasteiger partial charge in [-0.25, -0.2) is 4.79 Å². The lowest BCUT2D eigenvalue weighted by Crippen LogP contribution is -2.46. The first-order valence-electron chi connectivity index (χ1n) is 13.4. The highest BCUT2D eigenvalue weighted by molar-refractivity contribution is 6.04. The van der Waals surface area contributed by atoms with Crippen LogP contribution in [0.15, 0.2) is 72.8 Å². The molecule has 3 aromatic carbocycles.